The number of aliphatic hydroxyl groups is 1. The summed E-state index contributed by atoms with van der Waals surface area (Å²) < 4.78 is 5.87. The van der Waals surface area contributed by atoms with Crippen LogP contribution in [0.1, 0.15) is 121 Å². The lowest BCUT2D eigenvalue weighted by Gasteiger charge is -2.11. The van der Waals surface area contributed by atoms with E-state index in [-0.39, 0.29) is 6.61 Å². The standard InChI is InChI=1S/C26H46O2/c1-3-4-5-6-7-8-9-10-11-12-13-14-15-16-17-18-21-28-26-22-24(2)19-20-25(26)23-27/h19-20,22,27H,3-18,21,23H2,1-2H3. The third-order valence-corrected chi connectivity index (χ3v) is 5.65. The number of hydrogen-bond acceptors (Lipinski definition) is 2. The maximum atomic E-state index is 9.37. The highest BCUT2D eigenvalue weighted by Crippen LogP contribution is 2.21. The molecule has 2 nitrogen and oxygen atoms in total. The zero-order chi connectivity index (χ0) is 20.3. The van der Waals surface area contributed by atoms with Gasteiger partial charge in [-0.1, -0.05) is 115 Å². The van der Waals surface area contributed by atoms with Crippen LogP contribution in [0.2, 0.25) is 0 Å². The number of aliphatic hydroxyl groups excluding tert-OH is 1. The molecular formula is C26H46O2. The van der Waals surface area contributed by atoms with Crippen molar-refractivity contribution in [3.8, 4) is 5.75 Å². The van der Waals surface area contributed by atoms with Crippen LogP contribution in [0, 0.1) is 6.92 Å². The van der Waals surface area contributed by atoms with Gasteiger partial charge in [0.15, 0.2) is 0 Å². The Hall–Kier alpha value is -1.02. The first kappa shape index (κ1) is 25.0. The molecule has 0 amide bonds. The molecule has 1 aromatic rings. The summed E-state index contributed by atoms with van der Waals surface area (Å²) in [5.74, 6) is 0.850. The van der Waals surface area contributed by atoms with Crippen molar-refractivity contribution >= 4 is 0 Å². The summed E-state index contributed by atoms with van der Waals surface area (Å²) in [6.45, 7) is 5.15. The van der Waals surface area contributed by atoms with Crippen LogP contribution in [0.15, 0.2) is 18.2 Å². The fraction of sp³-hybridized carbons (Fsp3) is 0.769. The highest BCUT2D eigenvalue weighted by molar-refractivity contribution is 5.36. The summed E-state index contributed by atoms with van der Waals surface area (Å²) in [7, 11) is 0. The Kier molecular flexibility index (Phi) is 16.1. The molecule has 0 spiro atoms. The van der Waals surface area contributed by atoms with Crippen molar-refractivity contribution in [1.82, 2.24) is 0 Å². The Morgan fingerprint density at radius 1 is 0.679 bits per heavy atom. The molecule has 1 N–H and O–H groups in total. The van der Waals surface area contributed by atoms with E-state index in [0.717, 1.165) is 24.3 Å². The first-order valence-electron chi connectivity index (χ1n) is 12.1. The number of ether oxygens (including phenoxy) is 1. The van der Waals surface area contributed by atoms with Gasteiger partial charge in [0.2, 0.25) is 0 Å². The molecule has 0 unspecified atom stereocenters. The van der Waals surface area contributed by atoms with Crippen LogP contribution in [-0.4, -0.2) is 11.7 Å². The summed E-state index contributed by atoms with van der Waals surface area (Å²) in [4.78, 5) is 0. The Bertz CT molecular complexity index is 470. The quantitative estimate of drug-likeness (QED) is 0.242. The lowest BCUT2D eigenvalue weighted by molar-refractivity contribution is 0.259. The summed E-state index contributed by atoms with van der Waals surface area (Å²) in [5.41, 5.74) is 2.07. The van der Waals surface area contributed by atoms with Gasteiger partial charge in [-0.2, -0.15) is 0 Å². The minimum absolute atomic E-state index is 0.0502. The molecule has 28 heavy (non-hydrogen) atoms. The lowest BCUT2D eigenvalue weighted by atomic mass is 10.0. The monoisotopic (exact) mass is 390 g/mol. The fourth-order valence-corrected chi connectivity index (χ4v) is 3.76. The number of benzene rings is 1. The van der Waals surface area contributed by atoms with E-state index < -0.39 is 0 Å². The predicted molar refractivity (Wildman–Crippen MR) is 122 cm³/mol. The largest absolute Gasteiger partial charge is 0.493 e. The van der Waals surface area contributed by atoms with Gasteiger partial charge in [0.1, 0.15) is 5.75 Å². The Balaban J connectivity index is 1.83. The molecule has 0 aliphatic heterocycles. The number of unbranched alkanes of at least 4 members (excludes halogenated alkanes) is 15. The summed E-state index contributed by atoms with van der Waals surface area (Å²) in [5, 5.41) is 9.37. The van der Waals surface area contributed by atoms with Gasteiger partial charge in [-0.15, -0.1) is 0 Å². The Morgan fingerprint density at radius 3 is 1.61 bits per heavy atom. The van der Waals surface area contributed by atoms with Crippen molar-refractivity contribution < 1.29 is 9.84 Å². The molecule has 0 saturated carbocycles. The van der Waals surface area contributed by atoms with Gasteiger partial charge in [-0.05, 0) is 25.0 Å². The van der Waals surface area contributed by atoms with Gasteiger partial charge in [0.05, 0.1) is 13.2 Å². The number of aryl methyl sites for hydroxylation is 1. The minimum atomic E-state index is 0.0502. The molecule has 0 aromatic heterocycles. The second kappa shape index (κ2) is 18.0. The molecule has 0 aliphatic rings. The van der Waals surface area contributed by atoms with Gasteiger partial charge in [-0.25, -0.2) is 0 Å². The first-order chi connectivity index (χ1) is 13.8. The van der Waals surface area contributed by atoms with Gasteiger partial charge in [0.25, 0.3) is 0 Å². The second-order valence-corrected chi connectivity index (χ2v) is 8.42. The van der Waals surface area contributed by atoms with Crippen LogP contribution in [0.4, 0.5) is 0 Å². The Labute approximate surface area is 175 Å². The van der Waals surface area contributed by atoms with Crippen LogP contribution in [0.5, 0.6) is 5.75 Å². The van der Waals surface area contributed by atoms with Gasteiger partial charge in [0, 0.05) is 5.56 Å². The van der Waals surface area contributed by atoms with E-state index in [0.29, 0.717) is 0 Å². The topological polar surface area (TPSA) is 29.5 Å². The predicted octanol–water partition coefficient (Wildman–Crippen LogP) is 8.13. The van der Waals surface area contributed by atoms with E-state index in [1.54, 1.807) is 0 Å². The maximum absolute atomic E-state index is 9.37. The molecule has 1 aromatic carbocycles. The highest BCUT2D eigenvalue weighted by atomic mass is 16.5. The highest BCUT2D eigenvalue weighted by Gasteiger charge is 2.03. The van der Waals surface area contributed by atoms with E-state index in [1.165, 1.54) is 102 Å². The third-order valence-electron chi connectivity index (χ3n) is 5.65. The van der Waals surface area contributed by atoms with Crippen LogP contribution in [-0.2, 0) is 6.61 Å². The molecule has 0 bridgehead atoms. The summed E-state index contributed by atoms with van der Waals surface area (Å²) >= 11 is 0. The Morgan fingerprint density at radius 2 is 1.14 bits per heavy atom. The molecular weight excluding hydrogens is 344 g/mol. The minimum Gasteiger partial charge on any atom is -0.493 e. The van der Waals surface area contributed by atoms with Gasteiger partial charge < -0.3 is 9.84 Å². The number of rotatable bonds is 19. The number of hydrogen-bond donors (Lipinski definition) is 1. The molecule has 0 saturated heterocycles. The zero-order valence-electron chi connectivity index (χ0n) is 18.8. The molecule has 0 aliphatic carbocycles. The molecule has 0 fully saturated rings. The molecule has 0 radical (unpaired) electrons. The van der Waals surface area contributed by atoms with Crippen molar-refractivity contribution in [1.29, 1.82) is 0 Å². The lowest BCUT2D eigenvalue weighted by Crippen LogP contribution is -2.01. The van der Waals surface area contributed by atoms with E-state index in [2.05, 4.69) is 13.8 Å². The average molecular weight is 391 g/mol. The average Bonchev–Trinajstić information content (AvgIpc) is 2.70. The first-order valence-corrected chi connectivity index (χ1v) is 12.1. The maximum Gasteiger partial charge on any atom is 0.125 e. The van der Waals surface area contributed by atoms with Gasteiger partial charge >= 0.3 is 0 Å². The molecule has 0 atom stereocenters. The molecule has 1 rings (SSSR count). The smallest absolute Gasteiger partial charge is 0.125 e. The molecule has 0 heterocycles. The van der Waals surface area contributed by atoms with Crippen LogP contribution < -0.4 is 4.74 Å². The SMILES string of the molecule is CCCCCCCCCCCCCCCCCCOc1cc(C)ccc1CO. The fourth-order valence-electron chi connectivity index (χ4n) is 3.76. The van der Waals surface area contributed by atoms with E-state index in [9.17, 15) is 5.11 Å². The van der Waals surface area contributed by atoms with E-state index >= 15 is 0 Å². The van der Waals surface area contributed by atoms with Crippen molar-refractivity contribution in [2.45, 2.75) is 123 Å². The second-order valence-electron chi connectivity index (χ2n) is 8.42. The van der Waals surface area contributed by atoms with Crippen molar-refractivity contribution in [3.63, 3.8) is 0 Å². The van der Waals surface area contributed by atoms with E-state index in [4.69, 9.17) is 4.74 Å². The van der Waals surface area contributed by atoms with Crippen molar-refractivity contribution in [3.05, 3.63) is 29.3 Å². The van der Waals surface area contributed by atoms with Crippen molar-refractivity contribution in [2.24, 2.45) is 0 Å². The van der Waals surface area contributed by atoms with Crippen molar-refractivity contribution in [2.75, 3.05) is 6.61 Å². The van der Waals surface area contributed by atoms with Crippen LogP contribution in [0.25, 0.3) is 0 Å². The van der Waals surface area contributed by atoms with E-state index in [1.807, 2.05) is 18.2 Å². The zero-order valence-corrected chi connectivity index (χ0v) is 18.8. The normalized spacial score (nSPS) is 11.1. The summed E-state index contributed by atoms with van der Waals surface area (Å²) in [6.07, 6.45) is 22.2. The van der Waals surface area contributed by atoms with Gasteiger partial charge in [-0.3, -0.25) is 0 Å². The van der Waals surface area contributed by atoms with Crippen LogP contribution >= 0.6 is 0 Å². The summed E-state index contributed by atoms with van der Waals surface area (Å²) in [6, 6.07) is 6.00. The molecule has 2 heteroatoms. The third kappa shape index (κ3) is 13.2. The van der Waals surface area contributed by atoms with Crippen LogP contribution in [0.3, 0.4) is 0 Å². The molecule has 162 valence electrons.